The molecule has 3 fully saturated rings. The van der Waals surface area contributed by atoms with Gasteiger partial charge in [0.25, 0.3) is 0 Å². The molecule has 0 spiro atoms. The monoisotopic (exact) mass is 278 g/mol. The number of guanidine groups is 1. The summed E-state index contributed by atoms with van der Waals surface area (Å²) in [6.45, 7) is 3.78. The van der Waals surface area contributed by atoms with Crippen LogP contribution in [0.3, 0.4) is 0 Å². The lowest BCUT2D eigenvalue weighted by atomic mass is 9.93. The maximum absolute atomic E-state index is 4.38. The summed E-state index contributed by atoms with van der Waals surface area (Å²) in [5.74, 6) is 1.99. The van der Waals surface area contributed by atoms with Crippen molar-refractivity contribution in [3.05, 3.63) is 0 Å². The van der Waals surface area contributed by atoms with Gasteiger partial charge in [-0.15, -0.1) is 0 Å². The van der Waals surface area contributed by atoms with Crippen LogP contribution in [0.1, 0.15) is 51.4 Å². The average Bonchev–Trinajstić information content (AvgIpc) is 3.05. The summed E-state index contributed by atoms with van der Waals surface area (Å²) in [7, 11) is 1.89. The van der Waals surface area contributed by atoms with E-state index in [1.807, 2.05) is 7.05 Å². The SMILES string of the molecule is CN=C(NC1CCC1)NC1CCN(CC2CCCC2)C1. The van der Waals surface area contributed by atoms with Crippen LogP contribution in [0.2, 0.25) is 0 Å². The van der Waals surface area contributed by atoms with E-state index in [9.17, 15) is 0 Å². The van der Waals surface area contributed by atoms with Crippen LogP contribution in [-0.2, 0) is 0 Å². The number of likely N-dealkylation sites (tertiary alicyclic amines) is 1. The topological polar surface area (TPSA) is 39.7 Å². The quantitative estimate of drug-likeness (QED) is 0.610. The molecule has 0 bridgehead atoms. The molecule has 0 aromatic rings. The Balaban J connectivity index is 1.39. The van der Waals surface area contributed by atoms with E-state index in [4.69, 9.17) is 0 Å². The van der Waals surface area contributed by atoms with Crippen LogP contribution in [0, 0.1) is 5.92 Å². The van der Waals surface area contributed by atoms with Crippen LogP contribution < -0.4 is 10.6 Å². The van der Waals surface area contributed by atoms with E-state index < -0.39 is 0 Å². The van der Waals surface area contributed by atoms with Gasteiger partial charge < -0.3 is 15.5 Å². The maximum Gasteiger partial charge on any atom is 0.191 e. The molecule has 1 atom stereocenters. The highest BCUT2D eigenvalue weighted by atomic mass is 15.2. The minimum atomic E-state index is 0.586. The lowest BCUT2D eigenvalue weighted by molar-refractivity contribution is 0.275. The second kappa shape index (κ2) is 6.79. The Kier molecular flexibility index (Phi) is 4.81. The molecule has 3 rings (SSSR count). The van der Waals surface area contributed by atoms with E-state index in [1.165, 1.54) is 71.0 Å². The molecule has 0 radical (unpaired) electrons. The van der Waals surface area contributed by atoms with Gasteiger partial charge in [0, 0.05) is 38.8 Å². The van der Waals surface area contributed by atoms with Gasteiger partial charge in [0.15, 0.2) is 5.96 Å². The summed E-state index contributed by atoms with van der Waals surface area (Å²) in [4.78, 5) is 7.03. The summed E-state index contributed by atoms with van der Waals surface area (Å²) in [5, 5.41) is 7.16. The Hall–Kier alpha value is -0.770. The van der Waals surface area contributed by atoms with Gasteiger partial charge in [-0.3, -0.25) is 4.99 Å². The Bertz CT molecular complexity index is 331. The summed E-state index contributed by atoms with van der Waals surface area (Å²) < 4.78 is 0. The van der Waals surface area contributed by atoms with E-state index in [0.29, 0.717) is 12.1 Å². The second-order valence-corrected chi connectivity index (χ2v) is 6.88. The first-order chi connectivity index (χ1) is 9.83. The summed E-state index contributed by atoms with van der Waals surface area (Å²) in [6, 6.07) is 1.25. The van der Waals surface area contributed by atoms with Crippen LogP contribution in [0.15, 0.2) is 4.99 Å². The van der Waals surface area contributed by atoms with Crippen LogP contribution in [0.25, 0.3) is 0 Å². The van der Waals surface area contributed by atoms with Gasteiger partial charge in [0.2, 0.25) is 0 Å². The van der Waals surface area contributed by atoms with Crippen molar-refractivity contribution in [3.63, 3.8) is 0 Å². The fraction of sp³-hybridized carbons (Fsp3) is 0.938. The van der Waals surface area contributed by atoms with Crippen molar-refractivity contribution in [2.45, 2.75) is 63.5 Å². The van der Waals surface area contributed by atoms with Crippen LogP contribution >= 0.6 is 0 Å². The summed E-state index contributed by atoms with van der Waals surface area (Å²) in [6.07, 6.45) is 11.1. The fourth-order valence-electron chi connectivity index (χ4n) is 3.78. The maximum atomic E-state index is 4.38. The van der Waals surface area contributed by atoms with E-state index in [1.54, 1.807) is 0 Å². The molecule has 2 N–H and O–H groups in total. The van der Waals surface area contributed by atoms with E-state index in [-0.39, 0.29) is 0 Å². The third-order valence-electron chi connectivity index (χ3n) is 5.27. The molecule has 0 aromatic carbocycles. The average molecular weight is 278 g/mol. The molecule has 1 unspecified atom stereocenters. The largest absolute Gasteiger partial charge is 0.354 e. The third kappa shape index (κ3) is 3.66. The predicted octanol–water partition coefficient (Wildman–Crippen LogP) is 1.97. The minimum Gasteiger partial charge on any atom is -0.354 e. The van der Waals surface area contributed by atoms with E-state index in [0.717, 1.165) is 11.9 Å². The number of nitrogens with one attached hydrogen (secondary N) is 2. The molecule has 4 nitrogen and oxygen atoms in total. The molecule has 1 saturated heterocycles. The number of aliphatic imine (C=N–C) groups is 1. The molecule has 1 heterocycles. The molecule has 2 saturated carbocycles. The Labute approximate surface area is 123 Å². The van der Waals surface area contributed by atoms with Gasteiger partial charge in [-0.2, -0.15) is 0 Å². The van der Waals surface area contributed by atoms with Crippen molar-refractivity contribution >= 4 is 5.96 Å². The predicted molar refractivity (Wildman–Crippen MR) is 84.1 cm³/mol. The zero-order valence-corrected chi connectivity index (χ0v) is 12.9. The van der Waals surface area contributed by atoms with Crippen LogP contribution in [0.4, 0.5) is 0 Å². The summed E-state index contributed by atoms with van der Waals surface area (Å²) >= 11 is 0. The van der Waals surface area contributed by atoms with E-state index >= 15 is 0 Å². The Morgan fingerprint density at radius 1 is 1.00 bits per heavy atom. The molecular weight excluding hydrogens is 248 g/mol. The zero-order valence-electron chi connectivity index (χ0n) is 12.9. The Morgan fingerprint density at radius 3 is 2.40 bits per heavy atom. The van der Waals surface area contributed by atoms with Crippen molar-refractivity contribution in [2.24, 2.45) is 10.9 Å². The van der Waals surface area contributed by atoms with Gasteiger partial charge in [-0.25, -0.2) is 0 Å². The van der Waals surface area contributed by atoms with Gasteiger partial charge in [-0.1, -0.05) is 12.8 Å². The first-order valence-corrected chi connectivity index (χ1v) is 8.55. The van der Waals surface area contributed by atoms with Crippen LogP contribution in [0.5, 0.6) is 0 Å². The molecule has 2 aliphatic carbocycles. The van der Waals surface area contributed by atoms with Gasteiger partial charge in [0.05, 0.1) is 0 Å². The molecule has 0 aromatic heterocycles. The number of hydrogen-bond acceptors (Lipinski definition) is 2. The molecule has 1 aliphatic heterocycles. The molecule has 20 heavy (non-hydrogen) atoms. The molecule has 3 aliphatic rings. The number of nitrogens with zero attached hydrogens (tertiary/aromatic N) is 2. The van der Waals surface area contributed by atoms with Crippen LogP contribution in [-0.4, -0.2) is 49.6 Å². The van der Waals surface area contributed by atoms with Crippen molar-refractivity contribution in [1.82, 2.24) is 15.5 Å². The standard InChI is InChI=1S/C16H30N4/c1-17-16(18-14-7-4-8-14)19-15-9-10-20(12-15)11-13-5-2-3-6-13/h13-15H,2-12H2,1H3,(H2,17,18,19). The lowest BCUT2D eigenvalue weighted by Gasteiger charge is -2.29. The molecular formula is C16H30N4. The summed E-state index contributed by atoms with van der Waals surface area (Å²) in [5.41, 5.74) is 0. The lowest BCUT2D eigenvalue weighted by Crippen LogP contribution is -2.50. The highest BCUT2D eigenvalue weighted by Crippen LogP contribution is 2.26. The Morgan fingerprint density at radius 2 is 1.75 bits per heavy atom. The minimum absolute atomic E-state index is 0.586. The second-order valence-electron chi connectivity index (χ2n) is 6.88. The smallest absolute Gasteiger partial charge is 0.191 e. The van der Waals surface area contributed by atoms with Gasteiger partial charge in [-0.05, 0) is 44.4 Å². The first-order valence-electron chi connectivity index (χ1n) is 8.55. The van der Waals surface area contributed by atoms with Crippen molar-refractivity contribution in [2.75, 3.05) is 26.7 Å². The highest BCUT2D eigenvalue weighted by Gasteiger charge is 2.27. The molecule has 4 heteroatoms. The normalized spacial score (nSPS) is 29.6. The third-order valence-corrected chi connectivity index (χ3v) is 5.27. The van der Waals surface area contributed by atoms with Crippen molar-refractivity contribution in [1.29, 1.82) is 0 Å². The number of hydrogen-bond donors (Lipinski definition) is 2. The zero-order chi connectivity index (χ0) is 13.8. The van der Waals surface area contributed by atoms with Gasteiger partial charge in [0.1, 0.15) is 0 Å². The van der Waals surface area contributed by atoms with Crippen molar-refractivity contribution in [3.8, 4) is 0 Å². The first kappa shape index (κ1) is 14.2. The van der Waals surface area contributed by atoms with Crippen molar-refractivity contribution < 1.29 is 0 Å². The van der Waals surface area contributed by atoms with E-state index in [2.05, 4.69) is 20.5 Å². The molecule has 0 amide bonds. The number of rotatable bonds is 4. The van der Waals surface area contributed by atoms with Gasteiger partial charge >= 0.3 is 0 Å². The fourth-order valence-corrected chi connectivity index (χ4v) is 3.78. The molecule has 114 valence electrons. The highest BCUT2D eigenvalue weighted by molar-refractivity contribution is 5.80.